The zero-order chi connectivity index (χ0) is 14.1. The van der Waals surface area contributed by atoms with Gasteiger partial charge in [-0.3, -0.25) is 9.59 Å². The Bertz CT molecular complexity index is 474. The molecule has 19 heavy (non-hydrogen) atoms. The molecular formula is C14H16N2O3. The third kappa shape index (κ3) is 5.68. The van der Waals surface area contributed by atoms with E-state index in [1.165, 1.54) is 7.11 Å². The highest BCUT2D eigenvalue weighted by Crippen LogP contribution is 2.12. The summed E-state index contributed by atoms with van der Waals surface area (Å²) in [6, 6.07) is 9.12. The zero-order valence-corrected chi connectivity index (χ0v) is 10.8. The van der Waals surface area contributed by atoms with Crippen LogP contribution >= 0.6 is 0 Å². The Kier molecular flexibility index (Phi) is 6.10. The number of nitrogens with one attached hydrogen (secondary N) is 1. The lowest BCUT2D eigenvalue weighted by atomic mass is 10.1. The second-order valence-corrected chi connectivity index (χ2v) is 4.01. The van der Waals surface area contributed by atoms with E-state index >= 15 is 0 Å². The first-order valence-corrected chi connectivity index (χ1v) is 5.98. The van der Waals surface area contributed by atoms with E-state index in [2.05, 4.69) is 10.1 Å². The lowest BCUT2D eigenvalue weighted by Gasteiger charge is -2.05. The quantitative estimate of drug-likeness (QED) is 0.794. The number of carbonyl (C=O) groups is 2. The van der Waals surface area contributed by atoms with Crippen molar-refractivity contribution in [3.8, 4) is 6.07 Å². The largest absolute Gasteiger partial charge is 0.469 e. The van der Waals surface area contributed by atoms with Crippen LogP contribution in [0.15, 0.2) is 24.3 Å². The first-order valence-electron chi connectivity index (χ1n) is 5.98. The summed E-state index contributed by atoms with van der Waals surface area (Å²) in [5.74, 6) is -0.527. The van der Waals surface area contributed by atoms with Gasteiger partial charge in [0, 0.05) is 12.1 Å². The van der Waals surface area contributed by atoms with Crippen LogP contribution in [-0.4, -0.2) is 19.0 Å². The maximum absolute atomic E-state index is 11.2. The summed E-state index contributed by atoms with van der Waals surface area (Å²) in [5.41, 5.74) is 1.75. The molecule has 0 radical (unpaired) electrons. The average molecular weight is 260 g/mol. The lowest BCUT2D eigenvalue weighted by molar-refractivity contribution is -0.140. The average Bonchev–Trinajstić information content (AvgIpc) is 2.41. The molecule has 0 aliphatic heterocycles. The molecule has 1 rings (SSSR count). The summed E-state index contributed by atoms with van der Waals surface area (Å²) < 4.78 is 4.56. The number of methoxy groups -OCH3 is 1. The van der Waals surface area contributed by atoms with Crippen LogP contribution < -0.4 is 5.32 Å². The fourth-order valence-corrected chi connectivity index (χ4v) is 1.57. The van der Waals surface area contributed by atoms with Crippen LogP contribution in [0.25, 0.3) is 0 Å². The number of hydrogen-bond donors (Lipinski definition) is 1. The van der Waals surface area contributed by atoms with Crippen LogP contribution in [0.5, 0.6) is 0 Å². The molecular weight excluding hydrogens is 244 g/mol. The number of nitriles is 1. The number of rotatable bonds is 6. The third-order valence-corrected chi connectivity index (χ3v) is 2.55. The van der Waals surface area contributed by atoms with E-state index in [9.17, 15) is 9.59 Å². The molecule has 0 aliphatic rings. The topological polar surface area (TPSA) is 79.2 Å². The van der Waals surface area contributed by atoms with Gasteiger partial charge in [0.15, 0.2) is 0 Å². The van der Waals surface area contributed by atoms with E-state index in [0.717, 1.165) is 18.4 Å². The van der Waals surface area contributed by atoms with Gasteiger partial charge in [-0.1, -0.05) is 12.1 Å². The predicted molar refractivity (Wildman–Crippen MR) is 70.3 cm³/mol. The first kappa shape index (κ1) is 14.7. The van der Waals surface area contributed by atoms with Crippen molar-refractivity contribution in [1.29, 1.82) is 5.26 Å². The standard InChI is InChI=1S/C14H16N2O3/c1-19-14(18)4-2-3-11-5-7-12(8-6-11)16-13(17)9-10-15/h5-8H,2-4,9H2,1H3,(H,16,17). The normalized spacial score (nSPS) is 9.47. The Morgan fingerprint density at radius 3 is 2.58 bits per heavy atom. The molecule has 0 spiro atoms. The van der Waals surface area contributed by atoms with Gasteiger partial charge >= 0.3 is 5.97 Å². The van der Waals surface area contributed by atoms with Gasteiger partial charge in [0.1, 0.15) is 6.42 Å². The molecule has 0 unspecified atom stereocenters. The highest BCUT2D eigenvalue weighted by molar-refractivity contribution is 5.91. The summed E-state index contributed by atoms with van der Waals surface area (Å²) in [5, 5.41) is 11.0. The van der Waals surface area contributed by atoms with E-state index in [-0.39, 0.29) is 18.3 Å². The molecule has 0 saturated heterocycles. The highest BCUT2D eigenvalue weighted by atomic mass is 16.5. The Balaban J connectivity index is 2.41. The van der Waals surface area contributed by atoms with E-state index in [4.69, 9.17) is 5.26 Å². The second kappa shape index (κ2) is 7.88. The van der Waals surface area contributed by atoms with E-state index in [1.807, 2.05) is 12.1 Å². The maximum atomic E-state index is 11.2. The molecule has 0 aliphatic carbocycles. The Morgan fingerprint density at radius 1 is 1.32 bits per heavy atom. The molecule has 1 N–H and O–H groups in total. The van der Waals surface area contributed by atoms with Crippen molar-refractivity contribution in [3.05, 3.63) is 29.8 Å². The minimum absolute atomic E-state index is 0.152. The Labute approximate surface area is 112 Å². The van der Waals surface area contributed by atoms with Gasteiger partial charge < -0.3 is 10.1 Å². The van der Waals surface area contributed by atoms with Crippen molar-refractivity contribution in [2.45, 2.75) is 25.7 Å². The van der Waals surface area contributed by atoms with Gasteiger partial charge in [-0.05, 0) is 30.5 Å². The Morgan fingerprint density at radius 2 is 2.00 bits per heavy atom. The number of aryl methyl sites for hydroxylation is 1. The molecule has 0 aromatic heterocycles. The van der Waals surface area contributed by atoms with Gasteiger partial charge in [-0.15, -0.1) is 0 Å². The van der Waals surface area contributed by atoms with E-state index in [0.29, 0.717) is 12.1 Å². The van der Waals surface area contributed by atoms with E-state index < -0.39 is 0 Å². The Hall–Kier alpha value is -2.35. The smallest absolute Gasteiger partial charge is 0.305 e. The van der Waals surface area contributed by atoms with Crippen LogP contribution in [0, 0.1) is 11.3 Å². The third-order valence-electron chi connectivity index (χ3n) is 2.55. The van der Waals surface area contributed by atoms with Gasteiger partial charge in [-0.25, -0.2) is 0 Å². The lowest BCUT2D eigenvalue weighted by Crippen LogP contribution is -2.09. The number of hydrogen-bond acceptors (Lipinski definition) is 4. The predicted octanol–water partition coefficient (Wildman–Crippen LogP) is 2.03. The number of benzene rings is 1. The van der Waals surface area contributed by atoms with Gasteiger partial charge in [0.2, 0.25) is 5.91 Å². The van der Waals surface area contributed by atoms with Crippen molar-refractivity contribution >= 4 is 17.6 Å². The van der Waals surface area contributed by atoms with E-state index in [1.54, 1.807) is 18.2 Å². The molecule has 1 amide bonds. The zero-order valence-electron chi connectivity index (χ0n) is 10.8. The monoisotopic (exact) mass is 260 g/mol. The number of amides is 1. The minimum Gasteiger partial charge on any atom is -0.469 e. The summed E-state index contributed by atoms with van der Waals surface area (Å²) >= 11 is 0. The highest BCUT2D eigenvalue weighted by Gasteiger charge is 2.02. The molecule has 5 heteroatoms. The molecule has 1 aromatic rings. The van der Waals surface area contributed by atoms with Crippen LogP contribution in [0.4, 0.5) is 5.69 Å². The van der Waals surface area contributed by atoms with Crippen LogP contribution in [0.3, 0.4) is 0 Å². The minimum atomic E-state index is -0.319. The van der Waals surface area contributed by atoms with Crippen molar-refractivity contribution in [2.75, 3.05) is 12.4 Å². The molecule has 100 valence electrons. The SMILES string of the molecule is COC(=O)CCCc1ccc(NC(=O)CC#N)cc1. The molecule has 0 atom stereocenters. The number of ether oxygens (including phenoxy) is 1. The maximum Gasteiger partial charge on any atom is 0.305 e. The molecule has 5 nitrogen and oxygen atoms in total. The fourth-order valence-electron chi connectivity index (χ4n) is 1.57. The van der Waals surface area contributed by atoms with Gasteiger partial charge in [-0.2, -0.15) is 5.26 Å². The molecule has 0 fully saturated rings. The summed E-state index contributed by atoms with van der Waals surface area (Å²) in [4.78, 5) is 22.1. The number of esters is 1. The number of anilines is 1. The fraction of sp³-hybridized carbons (Fsp3) is 0.357. The number of carbonyl (C=O) groups excluding carboxylic acids is 2. The van der Waals surface area contributed by atoms with Gasteiger partial charge in [0.05, 0.1) is 13.2 Å². The van der Waals surface area contributed by atoms with Crippen LogP contribution in [0.2, 0.25) is 0 Å². The first-order chi connectivity index (χ1) is 9.15. The van der Waals surface area contributed by atoms with Crippen molar-refractivity contribution in [1.82, 2.24) is 0 Å². The van der Waals surface area contributed by atoms with Crippen molar-refractivity contribution in [2.24, 2.45) is 0 Å². The van der Waals surface area contributed by atoms with Gasteiger partial charge in [0.25, 0.3) is 0 Å². The molecule has 0 saturated carbocycles. The van der Waals surface area contributed by atoms with Crippen molar-refractivity contribution < 1.29 is 14.3 Å². The number of nitrogens with zero attached hydrogens (tertiary/aromatic N) is 1. The summed E-state index contributed by atoms with van der Waals surface area (Å²) in [7, 11) is 1.38. The molecule has 0 bridgehead atoms. The summed E-state index contributed by atoms with van der Waals surface area (Å²) in [6.07, 6.45) is 1.76. The summed E-state index contributed by atoms with van der Waals surface area (Å²) in [6.45, 7) is 0. The van der Waals surface area contributed by atoms with Crippen molar-refractivity contribution in [3.63, 3.8) is 0 Å². The van der Waals surface area contributed by atoms with Crippen LogP contribution in [-0.2, 0) is 20.7 Å². The van der Waals surface area contributed by atoms with Crippen LogP contribution in [0.1, 0.15) is 24.8 Å². The molecule has 0 heterocycles. The molecule has 1 aromatic carbocycles. The second-order valence-electron chi connectivity index (χ2n) is 4.01.